The monoisotopic (exact) mass is 298 g/mol. The van der Waals surface area contributed by atoms with Crippen LogP contribution in [-0.4, -0.2) is 45.6 Å². The fraction of sp³-hybridized carbons (Fsp3) is 0.692. The lowest BCUT2D eigenvalue weighted by atomic mass is 10.3. The van der Waals surface area contributed by atoms with Crippen LogP contribution in [0.15, 0.2) is 6.20 Å². The maximum absolute atomic E-state index is 4.54. The third-order valence-electron chi connectivity index (χ3n) is 2.89. The van der Waals surface area contributed by atoms with Gasteiger partial charge in [0.2, 0.25) is 5.95 Å². The molecule has 2 rings (SSSR count). The van der Waals surface area contributed by atoms with Crippen molar-refractivity contribution in [1.82, 2.24) is 9.97 Å². The average molecular weight is 298 g/mol. The van der Waals surface area contributed by atoms with E-state index in [-0.39, 0.29) is 0 Å². The number of nitrogens with zero attached hydrogens (tertiary/aromatic N) is 2. The zero-order chi connectivity index (χ0) is 13.5. The summed E-state index contributed by atoms with van der Waals surface area (Å²) in [4.78, 5) is 8.84. The van der Waals surface area contributed by atoms with Gasteiger partial charge < -0.3 is 10.6 Å². The van der Waals surface area contributed by atoms with Crippen LogP contribution < -0.4 is 10.6 Å². The van der Waals surface area contributed by atoms with Gasteiger partial charge in [0.25, 0.3) is 0 Å². The molecular weight excluding hydrogens is 276 g/mol. The molecule has 0 amide bonds. The summed E-state index contributed by atoms with van der Waals surface area (Å²) in [5.74, 6) is 5.48. The van der Waals surface area contributed by atoms with Gasteiger partial charge >= 0.3 is 0 Å². The van der Waals surface area contributed by atoms with Crippen molar-refractivity contribution in [2.75, 3.05) is 41.0 Å². The van der Waals surface area contributed by atoms with E-state index in [0.717, 1.165) is 36.8 Å². The highest BCUT2D eigenvalue weighted by Crippen LogP contribution is 2.24. The second kappa shape index (κ2) is 7.85. The number of hydrogen-bond acceptors (Lipinski definition) is 6. The van der Waals surface area contributed by atoms with Gasteiger partial charge in [0.1, 0.15) is 5.82 Å². The van der Waals surface area contributed by atoms with Crippen LogP contribution in [0.5, 0.6) is 0 Å². The molecule has 0 bridgehead atoms. The zero-order valence-corrected chi connectivity index (χ0v) is 13.2. The Bertz CT molecular complexity index is 394. The third kappa shape index (κ3) is 4.76. The molecule has 1 aliphatic rings. The minimum absolute atomic E-state index is 0.695. The van der Waals surface area contributed by atoms with Crippen LogP contribution in [0, 0.1) is 6.92 Å². The minimum Gasteiger partial charge on any atom is -0.369 e. The van der Waals surface area contributed by atoms with Crippen molar-refractivity contribution in [3.05, 3.63) is 11.8 Å². The van der Waals surface area contributed by atoms with E-state index in [1.54, 1.807) is 0 Å². The molecule has 2 heterocycles. The van der Waals surface area contributed by atoms with E-state index >= 15 is 0 Å². The molecule has 0 radical (unpaired) electrons. The normalized spacial score (nSPS) is 19.2. The summed E-state index contributed by atoms with van der Waals surface area (Å²) in [5.41, 5.74) is 1.11. The summed E-state index contributed by atoms with van der Waals surface area (Å²) in [7, 11) is 0. The van der Waals surface area contributed by atoms with Crippen molar-refractivity contribution >= 4 is 35.3 Å². The highest BCUT2D eigenvalue weighted by Gasteiger charge is 2.14. The Hall–Kier alpha value is -0.620. The highest BCUT2D eigenvalue weighted by atomic mass is 32.2. The number of nitrogens with one attached hydrogen (secondary N) is 2. The van der Waals surface area contributed by atoms with Crippen molar-refractivity contribution in [1.29, 1.82) is 0 Å². The van der Waals surface area contributed by atoms with Crippen LogP contribution in [0.4, 0.5) is 11.8 Å². The molecule has 6 heteroatoms. The molecule has 106 valence electrons. The van der Waals surface area contributed by atoms with Crippen LogP contribution in [-0.2, 0) is 0 Å². The highest BCUT2D eigenvalue weighted by molar-refractivity contribution is 8.06. The molecule has 1 saturated heterocycles. The fourth-order valence-electron chi connectivity index (χ4n) is 1.81. The number of anilines is 2. The van der Waals surface area contributed by atoms with Crippen LogP contribution in [0.3, 0.4) is 0 Å². The lowest BCUT2D eigenvalue weighted by Gasteiger charge is -2.21. The van der Waals surface area contributed by atoms with Gasteiger partial charge in [-0.2, -0.15) is 28.5 Å². The maximum atomic E-state index is 4.54. The molecule has 4 nitrogen and oxygen atoms in total. The van der Waals surface area contributed by atoms with Crippen molar-refractivity contribution in [2.45, 2.75) is 25.5 Å². The number of rotatable bonds is 6. The van der Waals surface area contributed by atoms with E-state index in [0.29, 0.717) is 5.25 Å². The minimum atomic E-state index is 0.695. The summed E-state index contributed by atoms with van der Waals surface area (Å²) in [6.45, 7) is 6.09. The number of hydrogen-bond donors (Lipinski definition) is 2. The van der Waals surface area contributed by atoms with Crippen molar-refractivity contribution in [2.24, 2.45) is 0 Å². The lowest BCUT2D eigenvalue weighted by Crippen LogP contribution is -2.24. The standard InChI is InChI=1S/C13H22N4S2/c1-3-4-14-13-16-7-10(2)12(17-13)15-8-11-9-18-5-6-19-11/h7,11H,3-6,8-9H2,1-2H3,(H2,14,15,16,17). The van der Waals surface area contributed by atoms with Gasteiger partial charge in [-0.1, -0.05) is 6.92 Å². The predicted molar refractivity (Wildman–Crippen MR) is 87.6 cm³/mol. The Morgan fingerprint density at radius 2 is 2.26 bits per heavy atom. The van der Waals surface area contributed by atoms with Gasteiger partial charge in [-0.15, -0.1) is 0 Å². The Balaban J connectivity index is 1.90. The molecular formula is C13H22N4S2. The average Bonchev–Trinajstić information content (AvgIpc) is 2.46. The molecule has 19 heavy (non-hydrogen) atoms. The van der Waals surface area contributed by atoms with Gasteiger partial charge in [-0.3, -0.25) is 0 Å². The first kappa shape index (κ1) is 14.8. The molecule has 1 unspecified atom stereocenters. The summed E-state index contributed by atoms with van der Waals surface area (Å²) in [6, 6.07) is 0. The molecule has 1 aromatic rings. The molecule has 1 fully saturated rings. The summed E-state index contributed by atoms with van der Waals surface area (Å²) in [5, 5.41) is 7.40. The Labute approximate surface area is 123 Å². The van der Waals surface area contributed by atoms with Crippen molar-refractivity contribution in [3.8, 4) is 0 Å². The molecule has 2 N–H and O–H groups in total. The predicted octanol–water partition coefficient (Wildman–Crippen LogP) is 2.87. The van der Waals surface area contributed by atoms with Crippen LogP contribution in [0.2, 0.25) is 0 Å². The first-order valence-corrected chi connectivity index (χ1v) is 9.00. The van der Waals surface area contributed by atoms with Crippen LogP contribution in [0.25, 0.3) is 0 Å². The Kier molecular flexibility index (Phi) is 6.10. The summed E-state index contributed by atoms with van der Waals surface area (Å²) >= 11 is 4.11. The van der Waals surface area contributed by atoms with Gasteiger partial charge in [-0.25, -0.2) is 4.98 Å². The third-order valence-corrected chi connectivity index (χ3v) is 5.73. The molecule has 0 saturated carbocycles. The molecule has 1 aromatic heterocycles. The van der Waals surface area contributed by atoms with Crippen LogP contribution >= 0.6 is 23.5 Å². The Morgan fingerprint density at radius 3 is 3.00 bits per heavy atom. The molecule has 0 spiro atoms. The second-order valence-electron chi connectivity index (χ2n) is 4.60. The van der Waals surface area contributed by atoms with Crippen molar-refractivity contribution < 1.29 is 0 Å². The zero-order valence-electron chi connectivity index (χ0n) is 11.6. The Morgan fingerprint density at radius 1 is 1.37 bits per heavy atom. The van der Waals surface area contributed by atoms with Crippen LogP contribution in [0.1, 0.15) is 18.9 Å². The van der Waals surface area contributed by atoms with E-state index in [9.17, 15) is 0 Å². The molecule has 0 aliphatic carbocycles. The topological polar surface area (TPSA) is 49.8 Å². The van der Waals surface area contributed by atoms with Gasteiger partial charge in [0.05, 0.1) is 0 Å². The summed E-state index contributed by atoms with van der Waals surface area (Å²) < 4.78 is 0. The first-order chi connectivity index (χ1) is 9.29. The van der Waals surface area contributed by atoms with Gasteiger partial charge in [0.15, 0.2) is 0 Å². The van der Waals surface area contributed by atoms with E-state index < -0.39 is 0 Å². The van der Waals surface area contributed by atoms with E-state index in [1.165, 1.54) is 17.3 Å². The lowest BCUT2D eigenvalue weighted by molar-refractivity contribution is 0.941. The SMILES string of the molecule is CCCNc1ncc(C)c(NCC2CSCCS2)n1. The van der Waals surface area contributed by atoms with E-state index in [1.807, 2.05) is 6.20 Å². The molecule has 1 aliphatic heterocycles. The number of aromatic nitrogens is 2. The largest absolute Gasteiger partial charge is 0.369 e. The number of thioether (sulfide) groups is 2. The molecule has 1 atom stereocenters. The maximum Gasteiger partial charge on any atom is 0.224 e. The van der Waals surface area contributed by atoms with E-state index in [4.69, 9.17) is 0 Å². The first-order valence-electron chi connectivity index (χ1n) is 6.80. The quantitative estimate of drug-likeness (QED) is 0.842. The van der Waals surface area contributed by atoms with Gasteiger partial charge in [-0.05, 0) is 13.3 Å². The molecule has 0 aromatic carbocycles. The van der Waals surface area contributed by atoms with Crippen molar-refractivity contribution in [3.63, 3.8) is 0 Å². The summed E-state index contributed by atoms with van der Waals surface area (Å²) in [6.07, 6.45) is 2.96. The van der Waals surface area contributed by atoms with Gasteiger partial charge in [0, 0.05) is 47.4 Å². The number of aryl methyl sites for hydroxylation is 1. The fourth-order valence-corrected chi connectivity index (χ4v) is 4.42. The van der Waals surface area contributed by atoms with E-state index in [2.05, 4.69) is 58.0 Å². The second-order valence-corrected chi connectivity index (χ2v) is 7.16. The smallest absolute Gasteiger partial charge is 0.224 e.